The van der Waals surface area contributed by atoms with Crippen LogP contribution in [0.2, 0.25) is 0 Å². The summed E-state index contributed by atoms with van der Waals surface area (Å²) in [4.78, 5) is 11.5. The van der Waals surface area contributed by atoms with Gasteiger partial charge in [0, 0.05) is 60.1 Å². The highest BCUT2D eigenvalue weighted by atomic mass is 79.9. The number of halogens is 1. The molecule has 0 saturated heterocycles. The van der Waals surface area contributed by atoms with Gasteiger partial charge in [-0.15, -0.1) is 0 Å². The molecule has 0 aliphatic carbocycles. The molecule has 5 aromatic rings. The van der Waals surface area contributed by atoms with Crippen LogP contribution in [0.5, 0.6) is 11.5 Å². The molecular formula is C33H35BrN7O3P. The maximum atomic E-state index is 12.9. The van der Waals surface area contributed by atoms with E-state index in [1.807, 2.05) is 48.7 Å². The topological polar surface area (TPSA) is 106 Å². The van der Waals surface area contributed by atoms with E-state index in [1.165, 1.54) is 5.69 Å². The number of hydrogen-bond acceptors (Lipinski definition) is 9. The van der Waals surface area contributed by atoms with Gasteiger partial charge in [-0.05, 0) is 65.2 Å². The van der Waals surface area contributed by atoms with Gasteiger partial charge in [-0.25, -0.2) is 4.98 Å². The molecule has 45 heavy (non-hydrogen) atoms. The van der Waals surface area contributed by atoms with Gasteiger partial charge in [0.2, 0.25) is 5.95 Å². The Balaban J connectivity index is 1.34. The highest BCUT2D eigenvalue weighted by Crippen LogP contribution is 2.43. The van der Waals surface area contributed by atoms with Crippen LogP contribution in [0.25, 0.3) is 11.1 Å². The van der Waals surface area contributed by atoms with Gasteiger partial charge in [0.25, 0.3) is 0 Å². The van der Waals surface area contributed by atoms with Gasteiger partial charge >= 0.3 is 0 Å². The van der Waals surface area contributed by atoms with Crippen molar-refractivity contribution in [2.75, 3.05) is 56.7 Å². The van der Waals surface area contributed by atoms with Gasteiger partial charge in [0.1, 0.15) is 24.5 Å². The van der Waals surface area contributed by atoms with Crippen molar-refractivity contribution in [2.24, 2.45) is 0 Å². The fourth-order valence-corrected chi connectivity index (χ4v) is 6.96. The van der Waals surface area contributed by atoms with E-state index in [9.17, 15) is 4.57 Å². The Bertz CT molecular complexity index is 1910. The first-order chi connectivity index (χ1) is 21.6. The molecule has 0 unspecified atom stereocenters. The highest BCUT2D eigenvalue weighted by Gasteiger charge is 2.25. The van der Waals surface area contributed by atoms with Crippen molar-refractivity contribution < 1.29 is 14.0 Å². The van der Waals surface area contributed by atoms with Crippen molar-refractivity contribution in [1.29, 1.82) is 0 Å². The smallest absolute Gasteiger partial charge is 0.229 e. The fraction of sp³-hybridized carbons (Fsp3) is 0.242. The number of ether oxygens (including phenoxy) is 2. The van der Waals surface area contributed by atoms with Crippen LogP contribution in [-0.4, -0.2) is 60.9 Å². The third-order valence-electron chi connectivity index (χ3n) is 7.87. The van der Waals surface area contributed by atoms with Crippen molar-refractivity contribution in [3.05, 3.63) is 88.8 Å². The summed E-state index contributed by atoms with van der Waals surface area (Å²) in [6, 6.07) is 19.8. The summed E-state index contributed by atoms with van der Waals surface area (Å²) in [5, 5.41) is 12.3. The third kappa shape index (κ3) is 6.41. The maximum Gasteiger partial charge on any atom is 0.229 e. The molecule has 1 aliphatic heterocycles. The summed E-state index contributed by atoms with van der Waals surface area (Å²) in [7, 11) is 2.90. The van der Waals surface area contributed by atoms with Gasteiger partial charge in [-0.2, -0.15) is 10.1 Å². The van der Waals surface area contributed by atoms with Crippen molar-refractivity contribution in [3.63, 3.8) is 0 Å². The summed E-state index contributed by atoms with van der Waals surface area (Å²) in [6.07, 6.45) is 4.47. The SMILES string of the molecule is COc1ccc(Cn2ncc3c2CCN(C)c2cc(OC)c(Nc4ncc(Br)c(Nc5ccccc5P(C)(C)=O)n4)cc2-3)cc1. The van der Waals surface area contributed by atoms with E-state index < -0.39 is 7.14 Å². The molecule has 3 heterocycles. The van der Waals surface area contributed by atoms with Crippen LogP contribution in [0, 0.1) is 0 Å². The number of likely N-dealkylation sites (N-methyl/N-ethyl adjacent to an activating group) is 1. The van der Waals surface area contributed by atoms with Crippen LogP contribution in [0.15, 0.2) is 77.5 Å². The van der Waals surface area contributed by atoms with E-state index in [-0.39, 0.29) is 0 Å². The Morgan fingerprint density at radius 2 is 1.73 bits per heavy atom. The second kappa shape index (κ2) is 12.6. The number of hydrogen-bond donors (Lipinski definition) is 2. The molecule has 1 aliphatic rings. The second-order valence-electron chi connectivity index (χ2n) is 11.3. The minimum absolute atomic E-state index is 0.380. The normalized spacial score (nSPS) is 12.6. The van der Waals surface area contributed by atoms with E-state index in [1.54, 1.807) is 33.7 Å². The summed E-state index contributed by atoms with van der Waals surface area (Å²) in [6.45, 7) is 5.01. The predicted molar refractivity (Wildman–Crippen MR) is 185 cm³/mol. The number of rotatable bonds is 9. The molecule has 2 aromatic heterocycles. The molecule has 0 amide bonds. The number of methoxy groups -OCH3 is 2. The Morgan fingerprint density at radius 1 is 0.956 bits per heavy atom. The van der Waals surface area contributed by atoms with Gasteiger partial charge in [0.15, 0.2) is 0 Å². The monoisotopic (exact) mass is 687 g/mol. The molecule has 232 valence electrons. The van der Waals surface area contributed by atoms with E-state index in [2.05, 4.69) is 66.4 Å². The first-order valence-corrected chi connectivity index (χ1v) is 17.9. The number of nitrogens with one attached hydrogen (secondary N) is 2. The zero-order valence-corrected chi connectivity index (χ0v) is 28.3. The molecule has 0 bridgehead atoms. The van der Waals surface area contributed by atoms with Crippen molar-refractivity contribution >= 4 is 57.2 Å². The minimum Gasteiger partial charge on any atom is -0.497 e. The first-order valence-electron chi connectivity index (χ1n) is 14.5. The van der Waals surface area contributed by atoms with Crippen LogP contribution in [0.3, 0.4) is 0 Å². The zero-order valence-electron chi connectivity index (χ0n) is 25.8. The Labute approximate surface area is 271 Å². The summed E-state index contributed by atoms with van der Waals surface area (Å²) >= 11 is 3.56. The lowest BCUT2D eigenvalue weighted by atomic mass is 10.0. The van der Waals surface area contributed by atoms with Gasteiger partial charge in [-0.3, -0.25) is 4.68 Å². The van der Waals surface area contributed by atoms with Crippen LogP contribution < -0.4 is 30.3 Å². The quantitative estimate of drug-likeness (QED) is 0.160. The summed E-state index contributed by atoms with van der Waals surface area (Å²) in [5.41, 5.74) is 6.95. The van der Waals surface area contributed by atoms with E-state index in [0.717, 1.165) is 57.8 Å². The van der Waals surface area contributed by atoms with E-state index in [4.69, 9.17) is 19.6 Å². The minimum atomic E-state index is -2.52. The van der Waals surface area contributed by atoms with Crippen LogP contribution in [-0.2, 0) is 17.5 Å². The molecule has 12 heteroatoms. The number of para-hydroxylation sites is 1. The first kappa shape index (κ1) is 30.7. The molecule has 2 N–H and O–H groups in total. The van der Waals surface area contributed by atoms with E-state index in [0.29, 0.717) is 28.5 Å². The number of fused-ring (bicyclic) bond motifs is 3. The van der Waals surface area contributed by atoms with Gasteiger partial charge in [0.05, 0.1) is 42.8 Å². The summed E-state index contributed by atoms with van der Waals surface area (Å²) in [5.74, 6) is 2.42. The molecule has 0 atom stereocenters. The van der Waals surface area contributed by atoms with Crippen molar-refractivity contribution in [3.8, 4) is 22.6 Å². The summed E-state index contributed by atoms with van der Waals surface area (Å²) < 4.78 is 26.8. The standard InChI is InChI=1S/C33H35BrN7O3P/c1-40-15-14-28-24(18-36-41(28)20-21-10-12-22(43-2)13-11-21)23-16-27(30(44-3)17-29(23)40)38-33-35-19-25(34)32(39-33)37-26-8-6-7-9-31(26)45(4,5)42/h6-13,16-19H,14-15,20H2,1-5H3,(H2,35,37,38,39). The predicted octanol–water partition coefficient (Wildman–Crippen LogP) is 6.90. The average Bonchev–Trinajstić information content (AvgIpc) is 3.37. The molecule has 6 rings (SSSR count). The maximum absolute atomic E-state index is 12.9. The molecule has 0 fully saturated rings. The number of anilines is 5. The molecule has 3 aromatic carbocycles. The lowest BCUT2D eigenvalue weighted by molar-refractivity contribution is 0.414. The highest BCUT2D eigenvalue weighted by molar-refractivity contribution is 9.10. The molecule has 0 spiro atoms. The number of nitrogens with zero attached hydrogens (tertiary/aromatic N) is 5. The molecular weight excluding hydrogens is 653 g/mol. The largest absolute Gasteiger partial charge is 0.497 e. The number of benzene rings is 3. The van der Waals surface area contributed by atoms with Crippen LogP contribution in [0.4, 0.5) is 28.8 Å². The van der Waals surface area contributed by atoms with Crippen molar-refractivity contribution in [1.82, 2.24) is 19.7 Å². The van der Waals surface area contributed by atoms with Crippen LogP contribution in [0.1, 0.15) is 11.3 Å². The Kier molecular flexibility index (Phi) is 8.57. The number of aromatic nitrogens is 4. The lowest BCUT2D eigenvalue weighted by Crippen LogP contribution is -2.20. The van der Waals surface area contributed by atoms with Gasteiger partial charge in [-0.1, -0.05) is 24.3 Å². The van der Waals surface area contributed by atoms with E-state index >= 15 is 0 Å². The zero-order chi connectivity index (χ0) is 31.7. The Morgan fingerprint density at radius 3 is 2.47 bits per heavy atom. The van der Waals surface area contributed by atoms with Crippen molar-refractivity contribution in [2.45, 2.75) is 13.0 Å². The molecule has 10 nitrogen and oxygen atoms in total. The second-order valence-corrected chi connectivity index (χ2v) is 15.3. The fourth-order valence-electron chi connectivity index (χ4n) is 5.51. The molecule has 0 saturated carbocycles. The average molecular weight is 689 g/mol. The Hall–Kier alpha value is -4.34. The molecule has 0 radical (unpaired) electrons. The van der Waals surface area contributed by atoms with Gasteiger partial charge < -0.3 is 29.6 Å². The lowest BCUT2D eigenvalue weighted by Gasteiger charge is -2.22. The third-order valence-corrected chi connectivity index (χ3v) is 10.0. The van der Waals surface area contributed by atoms with Crippen LogP contribution >= 0.6 is 23.1 Å².